The molecule has 2 fully saturated rings. The van der Waals surface area contributed by atoms with Crippen molar-refractivity contribution >= 4 is 30.7 Å². The number of nitrogens with one attached hydrogen (secondary N) is 2. The van der Waals surface area contributed by atoms with Crippen LogP contribution in [0.25, 0.3) is 0 Å². The number of rotatable bonds is 5. The van der Waals surface area contributed by atoms with E-state index in [2.05, 4.69) is 71.4 Å². The SMILES string of the molecule is CC(C)(C)[Si](C)(C)CI.CC[C@H]1O[C@@H](n2cc(C)c(=O)[nH]c2=O)C[C@H]1O.Cc1cn([C@H]2C[C@@H](O)[C@@H](CO)O2)c(=O)[nH]c1=O.c1ccncc1. The summed E-state index contributed by atoms with van der Waals surface area (Å²) in [4.78, 5) is 53.8. The largest absolute Gasteiger partial charge is 0.394 e. The topological polar surface area (TPSA) is 202 Å². The van der Waals surface area contributed by atoms with Crippen molar-refractivity contribution in [2.75, 3.05) is 10.7 Å². The molecule has 5 heterocycles. The third-order valence-electron chi connectivity index (χ3n) is 8.83. The van der Waals surface area contributed by atoms with Gasteiger partial charge in [0.2, 0.25) is 0 Å². The number of pyridine rings is 1. The molecular formula is C33H52IN5O9Si. The molecule has 3 aromatic rings. The number of nitrogens with zero attached hydrogens (tertiary/aromatic N) is 3. The first-order chi connectivity index (χ1) is 22.9. The van der Waals surface area contributed by atoms with Gasteiger partial charge in [0.25, 0.3) is 11.1 Å². The van der Waals surface area contributed by atoms with E-state index in [-0.39, 0.29) is 19.1 Å². The Morgan fingerprint density at radius 3 is 1.55 bits per heavy atom. The summed E-state index contributed by atoms with van der Waals surface area (Å²) in [5, 5.41) is 28.8. The standard InChI is InChI=1S/C11H16N2O4.C10H14N2O5.C7H17ISi.C5H5N/c1-3-8-7(14)4-9(17-8)13-5-6(2)10(15)12-11(13)16;1-5-3-12(10(16)11-9(5)15)8-2-6(14)7(4-13)17-8;1-7(2,3)9(4,5)6-8;1-2-4-6-5-3-1/h5,7-9,14H,3-4H2,1-2H3,(H,12,15,16);3,6-8,13-14H,2,4H2,1H3,(H,11,15,16);6H2,1-5H3;1-5H/t7-,8-,9-;6-,7-,8-;;/m11../s1. The van der Waals surface area contributed by atoms with Crippen LogP contribution in [-0.4, -0.2) is 82.6 Å². The van der Waals surface area contributed by atoms with Crippen LogP contribution >= 0.6 is 22.6 Å². The van der Waals surface area contributed by atoms with Crippen LogP contribution in [0.15, 0.2) is 62.2 Å². The van der Waals surface area contributed by atoms with Gasteiger partial charge in [-0.1, -0.05) is 69.4 Å². The van der Waals surface area contributed by atoms with E-state index in [4.69, 9.17) is 14.6 Å². The molecule has 2 aliphatic rings. The van der Waals surface area contributed by atoms with E-state index in [9.17, 15) is 29.4 Å². The van der Waals surface area contributed by atoms with Crippen LogP contribution in [0.5, 0.6) is 0 Å². The lowest BCUT2D eigenvalue weighted by Gasteiger charge is -2.35. The Morgan fingerprint density at radius 1 is 0.857 bits per heavy atom. The van der Waals surface area contributed by atoms with Crippen molar-refractivity contribution in [3.63, 3.8) is 0 Å². The third kappa shape index (κ3) is 12.2. The lowest BCUT2D eigenvalue weighted by Crippen LogP contribution is -2.39. The number of hydrogen-bond acceptors (Lipinski definition) is 10. The summed E-state index contributed by atoms with van der Waals surface area (Å²) in [5.74, 6) is 0. The second-order valence-corrected chi connectivity index (χ2v) is 21.5. The molecule has 0 aromatic carbocycles. The zero-order chi connectivity index (χ0) is 37.1. The monoisotopic (exact) mass is 817 g/mol. The van der Waals surface area contributed by atoms with Crippen LogP contribution in [0, 0.1) is 13.8 Å². The zero-order valence-corrected chi connectivity index (χ0v) is 32.7. The van der Waals surface area contributed by atoms with E-state index in [1.807, 2.05) is 25.1 Å². The number of aliphatic hydroxyl groups is 3. The number of ether oxygens (including phenoxy) is 2. The number of halogens is 1. The smallest absolute Gasteiger partial charge is 0.330 e. The fourth-order valence-corrected chi connectivity index (χ4v) is 8.25. The number of aryl methyl sites for hydroxylation is 2. The highest BCUT2D eigenvalue weighted by molar-refractivity contribution is 14.1. The van der Waals surface area contributed by atoms with Gasteiger partial charge in [0.15, 0.2) is 0 Å². The van der Waals surface area contributed by atoms with Crippen molar-refractivity contribution < 1.29 is 24.8 Å². The van der Waals surface area contributed by atoms with Crippen LogP contribution in [0.3, 0.4) is 0 Å². The molecule has 0 radical (unpaired) electrons. The second-order valence-electron chi connectivity index (χ2n) is 13.7. The minimum Gasteiger partial charge on any atom is -0.394 e. The number of hydrogen-bond donors (Lipinski definition) is 5. The fraction of sp³-hybridized carbons (Fsp3) is 0.606. The quantitative estimate of drug-likeness (QED) is 0.145. The Hall–Kier alpha value is -2.74. The molecule has 2 saturated heterocycles. The van der Waals surface area contributed by atoms with Gasteiger partial charge in [0.05, 0.1) is 33.0 Å². The summed E-state index contributed by atoms with van der Waals surface area (Å²) in [5.41, 5.74) is -1.09. The normalized spacial score (nSPS) is 23.3. The third-order valence-corrected chi connectivity index (χ3v) is 19.3. The second kappa shape index (κ2) is 19.0. The average molecular weight is 818 g/mol. The Bertz CT molecular complexity index is 1560. The molecule has 0 unspecified atom stereocenters. The minimum absolute atomic E-state index is 0.205. The number of aromatic amines is 2. The predicted molar refractivity (Wildman–Crippen MR) is 199 cm³/mol. The molecule has 0 amide bonds. The molecule has 0 saturated carbocycles. The molecule has 3 aromatic heterocycles. The Balaban J connectivity index is 0.000000244. The predicted octanol–water partition coefficient (Wildman–Crippen LogP) is 2.94. The van der Waals surface area contributed by atoms with Crippen LogP contribution < -0.4 is 22.5 Å². The summed E-state index contributed by atoms with van der Waals surface area (Å²) in [7, 11) is -0.892. The summed E-state index contributed by atoms with van der Waals surface area (Å²) in [6, 6.07) is 5.72. The van der Waals surface area contributed by atoms with Gasteiger partial charge in [-0.2, -0.15) is 0 Å². The molecule has 0 aliphatic carbocycles. The van der Waals surface area contributed by atoms with Gasteiger partial charge in [-0.05, 0) is 41.5 Å². The van der Waals surface area contributed by atoms with Crippen molar-refractivity contribution in [1.29, 1.82) is 0 Å². The van der Waals surface area contributed by atoms with E-state index in [0.717, 1.165) is 0 Å². The molecule has 14 nitrogen and oxygen atoms in total. The molecule has 2 aliphatic heterocycles. The zero-order valence-electron chi connectivity index (χ0n) is 29.6. The molecule has 0 bridgehead atoms. The summed E-state index contributed by atoms with van der Waals surface area (Å²) in [6.07, 6.45) is 4.12. The molecule has 16 heteroatoms. The molecule has 0 spiro atoms. The van der Waals surface area contributed by atoms with Gasteiger partial charge < -0.3 is 24.8 Å². The maximum Gasteiger partial charge on any atom is 0.330 e. The van der Waals surface area contributed by atoms with E-state index in [0.29, 0.717) is 29.0 Å². The molecule has 49 heavy (non-hydrogen) atoms. The van der Waals surface area contributed by atoms with Crippen molar-refractivity contribution in [3.8, 4) is 0 Å². The van der Waals surface area contributed by atoms with Crippen molar-refractivity contribution in [2.24, 2.45) is 0 Å². The van der Waals surface area contributed by atoms with Crippen molar-refractivity contribution in [2.45, 2.75) is 116 Å². The molecule has 5 rings (SSSR count). The van der Waals surface area contributed by atoms with Crippen LogP contribution in [0.1, 0.15) is 70.5 Å². The molecule has 6 atom stereocenters. The fourth-order valence-electron chi connectivity index (χ4n) is 4.42. The van der Waals surface area contributed by atoms with Gasteiger partial charge >= 0.3 is 11.4 Å². The number of H-pyrrole nitrogens is 2. The van der Waals surface area contributed by atoms with E-state index in [1.54, 1.807) is 26.2 Å². The van der Waals surface area contributed by atoms with Crippen LogP contribution in [-0.2, 0) is 9.47 Å². The first-order valence-corrected chi connectivity index (χ1v) is 20.9. The number of alkyl halides is 1. The van der Waals surface area contributed by atoms with E-state index in [1.165, 1.54) is 25.6 Å². The van der Waals surface area contributed by atoms with Crippen molar-refractivity contribution in [1.82, 2.24) is 24.1 Å². The maximum absolute atomic E-state index is 11.6. The maximum atomic E-state index is 11.6. The van der Waals surface area contributed by atoms with Gasteiger partial charge in [-0.25, -0.2) is 9.59 Å². The lowest BCUT2D eigenvalue weighted by molar-refractivity contribution is -0.0459. The highest BCUT2D eigenvalue weighted by Gasteiger charge is 2.36. The van der Waals surface area contributed by atoms with Crippen LogP contribution in [0.4, 0.5) is 0 Å². The highest BCUT2D eigenvalue weighted by atomic mass is 127. The average Bonchev–Trinajstić information content (AvgIpc) is 3.63. The van der Waals surface area contributed by atoms with Crippen LogP contribution in [0.2, 0.25) is 18.1 Å². The Morgan fingerprint density at radius 2 is 1.29 bits per heavy atom. The van der Waals surface area contributed by atoms with E-state index < -0.39 is 61.3 Å². The summed E-state index contributed by atoms with van der Waals surface area (Å²) in [6.45, 7) is 16.8. The Kier molecular flexibility index (Phi) is 16.5. The lowest BCUT2D eigenvalue weighted by atomic mass is 10.1. The minimum atomic E-state index is -0.892. The summed E-state index contributed by atoms with van der Waals surface area (Å²) < 4.78 is 14.8. The Labute approximate surface area is 300 Å². The van der Waals surface area contributed by atoms with Gasteiger partial charge in [-0.15, -0.1) is 0 Å². The number of aromatic nitrogens is 5. The van der Waals surface area contributed by atoms with Gasteiger partial charge in [0.1, 0.15) is 18.6 Å². The van der Waals surface area contributed by atoms with Gasteiger partial charge in [0, 0.05) is 48.8 Å². The molecule has 274 valence electrons. The first kappa shape index (κ1) is 42.4. The molecular weight excluding hydrogens is 765 g/mol. The summed E-state index contributed by atoms with van der Waals surface area (Å²) >= 11 is 2.52. The highest BCUT2D eigenvalue weighted by Crippen LogP contribution is 2.36. The van der Waals surface area contributed by atoms with E-state index >= 15 is 0 Å². The first-order valence-electron chi connectivity index (χ1n) is 16.2. The molecule has 5 N–H and O–H groups in total. The van der Waals surface area contributed by atoms with Gasteiger partial charge in [-0.3, -0.25) is 33.7 Å². The van der Waals surface area contributed by atoms with Crippen molar-refractivity contribution in [3.05, 3.63) is 95.8 Å². The number of aliphatic hydroxyl groups excluding tert-OH is 3.